The molecule has 2 aromatic rings. The molecule has 0 aliphatic rings. The van der Waals surface area contributed by atoms with Gasteiger partial charge in [0.05, 0.1) is 11.3 Å². The summed E-state index contributed by atoms with van der Waals surface area (Å²) in [5.41, 5.74) is 2.04. The predicted molar refractivity (Wildman–Crippen MR) is 72.2 cm³/mol. The summed E-state index contributed by atoms with van der Waals surface area (Å²) in [5.74, 6) is -0.426. The van der Waals surface area contributed by atoms with Crippen LogP contribution in [0, 0.1) is 5.82 Å². The van der Waals surface area contributed by atoms with E-state index in [2.05, 4.69) is 10.3 Å². The minimum Gasteiger partial charge on any atom is -0.350 e. The van der Waals surface area contributed by atoms with E-state index in [1.54, 1.807) is 24.3 Å². The molecule has 0 saturated heterocycles. The van der Waals surface area contributed by atoms with Crippen molar-refractivity contribution in [2.24, 2.45) is 0 Å². The van der Waals surface area contributed by atoms with Gasteiger partial charge < -0.3 is 5.32 Å². The minimum absolute atomic E-state index is 0.0873. The van der Waals surface area contributed by atoms with Crippen molar-refractivity contribution in [1.82, 2.24) is 10.3 Å². The summed E-state index contributed by atoms with van der Waals surface area (Å²) in [6.07, 6.45) is 1.52. The van der Waals surface area contributed by atoms with Crippen molar-refractivity contribution in [2.75, 3.05) is 0 Å². The summed E-state index contributed by atoms with van der Waals surface area (Å²) >= 11 is 0. The number of amides is 1. The molecular formula is C15H15FN2O. The van der Waals surface area contributed by atoms with Gasteiger partial charge in [0.25, 0.3) is 5.91 Å². The fourth-order valence-corrected chi connectivity index (χ4v) is 1.67. The number of halogens is 1. The van der Waals surface area contributed by atoms with E-state index < -0.39 is 0 Å². The highest BCUT2D eigenvalue weighted by atomic mass is 19.1. The van der Waals surface area contributed by atoms with Crippen molar-refractivity contribution in [2.45, 2.75) is 19.9 Å². The molecule has 0 aliphatic carbocycles. The molecule has 0 fully saturated rings. The first-order chi connectivity index (χ1) is 9.06. The van der Waals surface area contributed by atoms with Gasteiger partial charge in [0.15, 0.2) is 0 Å². The number of pyridine rings is 1. The number of hydrogen-bond acceptors (Lipinski definition) is 2. The van der Waals surface area contributed by atoms with Gasteiger partial charge in [0.1, 0.15) is 5.82 Å². The van der Waals surface area contributed by atoms with Crippen LogP contribution in [-0.2, 0) is 0 Å². The summed E-state index contributed by atoms with van der Waals surface area (Å²) in [4.78, 5) is 16.0. The van der Waals surface area contributed by atoms with Gasteiger partial charge >= 0.3 is 0 Å². The van der Waals surface area contributed by atoms with Gasteiger partial charge in [0, 0.05) is 17.8 Å². The third-order valence-electron chi connectivity index (χ3n) is 2.59. The molecule has 0 radical (unpaired) electrons. The SMILES string of the molecule is CC(C)NC(=O)c1ccc(-c2ccc(F)cc2)nc1. The first-order valence-corrected chi connectivity index (χ1v) is 6.09. The molecule has 0 aliphatic heterocycles. The van der Waals surface area contributed by atoms with E-state index in [1.807, 2.05) is 13.8 Å². The average Bonchev–Trinajstić information content (AvgIpc) is 2.39. The average molecular weight is 258 g/mol. The van der Waals surface area contributed by atoms with Crippen LogP contribution >= 0.6 is 0 Å². The molecule has 3 nitrogen and oxygen atoms in total. The summed E-state index contributed by atoms with van der Waals surface area (Å²) in [6, 6.07) is 9.64. The molecule has 98 valence electrons. The number of aromatic nitrogens is 1. The zero-order valence-corrected chi connectivity index (χ0v) is 10.9. The molecule has 1 aromatic heterocycles. The van der Waals surface area contributed by atoms with Gasteiger partial charge in [-0.3, -0.25) is 9.78 Å². The van der Waals surface area contributed by atoms with E-state index in [4.69, 9.17) is 0 Å². The van der Waals surface area contributed by atoms with E-state index in [9.17, 15) is 9.18 Å². The van der Waals surface area contributed by atoms with E-state index in [0.29, 0.717) is 11.3 Å². The summed E-state index contributed by atoms with van der Waals surface area (Å²) in [5, 5.41) is 2.80. The second-order valence-corrected chi connectivity index (χ2v) is 4.57. The molecule has 2 rings (SSSR count). The maximum Gasteiger partial charge on any atom is 0.253 e. The molecule has 0 spiro atoms. The summed E-state index contributed by atoms with van der Waals surface area (Å²) in [7, 11) is 0. The summed E-state index contributed by atoms with van der Waals surface area (Å²) < 4.78 is 12.8. The molecule has 0 unspecified atom stereocenters. The zero-order valence-electron chi connectivity index (χ0n) is 10.9. The van der Waals surface area contributed by atoms with Crippen molar-refractivity contribution in [3.05, 3.63) is 54.0 Å². The number of nitrogens with one attached hydrogen (secondary N) is 1. The van der Waals surface area contributed by atoms with Gasteiger partial charge in [-0.1, -0.05) is 0 Å². The van der Waals surface area contributed by atoms with Crippen LogP contribution < -0.4 is 5.32 Å². The molecule has 0 bridgehead atoms. The monoisotopic (exact) mass is 258 g/mol. The Morgan fingerprint density at radius 3 is 2.37 bits per heavy atom. The van der Waals surface area contributed by atoms with Crippen molar-refractivity contribution in [1.29, 1.82) is 0 Å². The van der Waals surface area contributed by atoms with E-state index in [0.717, 1.165) is 5.56 Å². The Morgan fingerprint density at radius 2 is 1.84 bits per heavy atom. The van der Waals surface area contributed by atoms with E-state index >= 15 is 0 Å². The van der Waals surface area contributed by atoms with Gasteiger partial charge in [-0.05, 0) is 50.2 Å². The fraction of sp³-hybridized carbons (Fsp3) is 0.200. The molecule has 0 saturated carbocycles. The van der Waals surface area contributed by atoms with Gasteiger partial charge in [-0.2, -0.15) is 0 Å². The van der Waals surface area contributed by atoms with Crippen molar-refractivity contribution >= 4 is 5.91 Å². The Hall–Kier alpha value is -2.23. The number of carbonyl (C=O) groups is 1. The lowest BCUT2D eigenvalue weighted by Crippen LogP contribution is -2.30. The third kappa shape index (κ3) is 3.37. The van der Waals surface area contributed by atoms with Gasteiger partial charge in [0.2, 0.25) is 0 Å². The van der Waals surface area contributed by atoms with Crippen LogP contribution in [0.3, 0.4) is 0 Å². The number of carbonyl (C=O) groups excluding carboxylic acids is 1. The lowest BCUT2D eigenvalue weighted by molar-refractivity contribution is 0.0943. The predicted octanol–water partition coefficient (Wildman–Crippen LogP) is 3.03. The Balaban J connectivity index is 2.18. The highest BCUT2D eigenvalue weighted by molar-refractivity contribution is 5.94. The molecule has 1 aromatic carbocycles. The number of hydrogen-bond donors (Lipinski definition) is 1. The van der Waals surface area contributed by atoms with Crippen molar-refractivity contribution < 1.29 is 9.18 Å². The third-order valence-corrected chi connectivity index (χ3v) is 2.59. The van der Waals surface area contributed by atoms with Crippen LogP contribution in [0.4, 0.5) is 4.39 Å². The molecular weight excluding hydrogens is 243 g/mol. The van der Waals surface area contributed by atoms with Crippen LogP contribution in [0.5, 0.6) is 0 Å². The van der Waals surface area contributed by atoms with Gasteiger partial charge in [-0.25, -0.2) is 4.39 Å². The topological polar surface area (TPSA) is 42.0 Å². The highest BCUT2D eigenvalue weighted by Crippen LogP contribution is 2.17. The first kappa shape index (κ1) is 13.2. The summed E-state index contributed by atoms with van der Waals surface area (Å²) in [6.45, 7) is 3.80. The quantitative estimate of drug-likeness (QED) is 0.919. The minimum atomic E-state index is -0.281. The largest absolute Gasteiger partial charge is 0.350 e. The van der Waals surface area contributed by atoms with E-state index in [-0.39, 0.29) is 17.8 Å². The lowest BCUT2D eigenvalue weighted by Gasteiger charge is -2.08. The highest BCUT2D eigenvalue weighted by Gasteiger charge is 2.07. The number of rotatable bonds is 3. The molecule has 1 amide bonds. The van der Waals surface area contributed by atoms with Crippen LogP contribution in [0.25, 0.3) is 11.3 Å². The fourth-order valence-electron chi connectivity index (χ4n) is 1.67. The smallest absolute Gasteiger partial charge is 0.253 e. The molecule has 1 heterocycles. The molecule has 1 N–H and O–H groups in total. The van der Waals surface area contributed by atoms with Crippen molar-refractivity contribution in [3.8, 4) is 11.3 Å². The normalized spacial score (nSPS) is 10.5. The van der Waals surface area contributed by atoms with Gasteiger partial charge in [-0.15, -0.1) is 0 Å². The number of nitrogens with zero attached hydrogens (tertiary/aromatic N) is 1. The standard InChI is InChI=1S/C15H15FN2O/c1-10(2)18-15(19)12-5-8-14(17-9-12)11-3-6-13(16)7-4-11/h3-10H,1-2H3,(H,18,19). The Labute approximate surface area is 111 Å². The maximum atomic E-state index is 12.8. The number of benzene rings is 1. The zero-order chi connectivity index (χ0) is 13.8. The van der Waals surface area contributed by atoms with Crippen molar-refractivity contribution in [3.63, 3.8) is 0 Å². The van der Waals surface area contributed by atoms with Crippen LogP contribution in [0.15, 0.2) is 42.6 Å². The van der Waals surface area contributed by atoms with E-state index in [1.165, 1.54) is 18.3 Å². The molecule has 4 heteroatoms. The molecule has 0 atom stereocenters. The Kier molecular flexibility index (Phi) is 3.90. The maximum absolute atomic E-state index is 12.8. The lowest BCUT2D eigenvalue weighted by atomic mass is 10.1. The Bertz CT molecular complexity index is 562. The molecule has 19 heavy (non-hydrogen) atoms. The first-order valence-electron chi connectivity index (χ1n) is 6.09. The second kappa shape index (κ2) is 5.61. The van der Waals surface area contributed by atoms with Crippen LogP contribution in [0.1, 0.15) is 24.2 Å². The van der Waals surface area contributed by atoms with Crippen LogP contribution in [0.2, 0.25) is 0 Å². The second-order valence-electron chi connectivity index (χ2n) is 4.57. The van der Waals surface area contributed by atoms with Crippen LogP contribution in [-0.4, -0.2) is 16.9 Å². The Morgan fingerprint density at radius 1 is 1.16 bits per heavy atom.